The minimum Gasteiger partial charge on any atom is -0.493 e. The summed E-state index contributed by atoms with van der Waals surface area (Å²) >= 11 is 1.76. The zero-order valence-electron chi connectivity index (χ0n) is 18.5. The Morgan fingerprint density at radius 1 is 1.10 bits per heavy atom. The summed E-state index contributed by atoms with van der Waals surface area (Å²) in [6.07, 6.45) is 2.53. The molecule has 0 N–H and O–H groups in total. The SMILES string of the molecule is COc1cccc(CN(C)c2nc(CN3CCCC3)nc3sc(C)c(C)c23)c1OC. The number of hydrogen-bond acceptors (Lipinski definition) is 7. The fraction of sp³-hybridized carbons (Fsp3) is 0.478. The van der Waals surface area contributed by atoms with E-state index in [-0.39, 0.29) is 0 Å². The third kappa shape index (κ3) is 3.96. The molecule has 1 aliphatic rings. The van der Waals surface area contributed by atoms with Crippen molar-refractivity contribution in [2.24, 2.45) is 0 Å². The van der Waals surface area contributed by atoms with Gasteiger partial charge in [-0.05, 0) is 51.4 Å². The first-order valence-corrected chi connectivity index (χ1v) is 11.2. The maximum atomic E-state index is 5.64. The molecule has 1 aliphatic heterocycles. The van der Waals surface area contributed by atoms with E-state index >= 15 is 0 Å². The van der Waals surface area contributed by atoms with Crippen molar-refractivity contribution in [2.75, 3.05) is 39.3 Å². The highest BCUT2D eigenvalue weighted by Crippen LogP contribution is 2.37. The standard InChI is InChI=1S/C23H30N4O2S/c1-15-16(2)30-23-20(15)22(24-19(25-23)14-27-11-6-7-12-27)26(3)13-17-9-8-10-18(28-4)21(17)29-5/h8-10H,6-7,11-14H2,1-5H3. The van der Waals surface area contributed by atoms with Crippen molar-refractivity contribution in [3.8, 4) is 11.5 Å². The maximum Gasteiger partial charge on any atom is 0.165 e. The van der Waals surface area contributed by atoms with Crippen LogP contribution in [0.15, 0.2) is 18.2 Å². The van der Waals surface area contributed by atoms with Crippen LogP contribution in [0.2, 0.25) is 0 Å². The van der Waals surface area contributed by atoms with Crippen LogP contribution in [0.1, 0.15) is 34.7 Å². The van der Waals surface area contributed by atoms with Crippen LogP contribution >= 0.6 is 11.3 Å². The molecular formula is C23H30N4O2S. The summed E-state index contributed by atoms with van der Waals surface area (Å²) in [6.45, 7) is 8.09. The fourth-order valence-electron chi connectivity index (χ4n) is 4.17. The molecule has 0 spiro atoms. The highest BCUT2D eigenvalue weighted by Gasteiger charge is 2.21. The van der Waals surface area contributed by atoms with Gasteiger partial charge < -0.3 is 14.4 Å². The minimum absolute atomic E-state index is 0.671. The number of thiophene rings is 1. The summed E-state index contributed by atoms with van der Waals surface area (Å²) in [4.78, 5) is 17.0. The maximum absolute atomic E-state index is 5.64. The second-order valence-corrected chi connectivity index (χ2v) is 9.12. The van der Waals surface area contributed by atoms with Gasteiger partial charge in [0.25, 0.3) is 0 Å². The number of hydrogen-bond donors (Lipinski definition) is 0. The van der Waals surface area contributed by atoms with Gasteiger partial charge in [-0.1, -0.05) is 12.1 Å². The normalized spacial score (nSPS) is 14.4. The predicted molar refractivity (Wildman–Crippen MR) is 123 cm³/mol. The summed E-state index contributed by atoms with van der Waals surface area (Å²) in [7, 11) is 5.44. The first kappa shape index (κ1) is 20.9. The molecule has 0 bridgehead atoms. The molecule has 0 unspecified atom stereocenters. The lowest BCUT2D eigenvalue weighted by molar-refractivity contribution is 0.323. The average Bonchev–Trinajstić information content (AvgIpc) is 3.35. The van der Waals surface area contributed by atoms with Gasteiger partial charge in [-0.3, -0.25) is 4.90 Å². The zero-order valence-corrected chi connectivity index (χ0v) is 19.3. The molecule has 1 saturated heterocycles. The summed E-state index contributed by atoms with van der Waals surface area (Å²) < 4.78 is 11.1. The van der Waals surface area contributed by atoms with Gasteiger partial charge in [0.05, 0.1) is 26.2 Å². The van der Waals surface area contributed by atoms with Crippen molar-refractivity contribution in [1.29, 1.82) is 0 Å². The molecule has 160 valence electrons. The number of methoxy groups -OCH3 is 2. The van der Waals surface area contributed by atoms with E-state index in [1.165, 1.54) is 23.3 Å². The van der Waals surface area contributed by atoms with Gasteiger partial charge in [0, 0.05) is 24.0 Å². The van der Waals surface area contributed by atoms with Crippen LogP contribution in [0.4, 0.5) is 5.82 Å². The molecule has 3 heterocycles. The summed E-state index contributed by atoms with van der Waals surface area (Å²) in [5, 5.41) is 1.16. The Labute approximate surface area is 182 Å². The largest absolute Gasteiger partial charge is 0.493 e. The molecule has 0 saturated carbocycles. The number of anilines is 1. The molecule has 4 rings (SSSR count). The van der Waals surface area contributed by atoms with Crippen molar-refractivity contribution in [2.45, 2.75) is 39.8 Å². The van der Waals surface area contributed by atoms with Crippen molar-refractivity contribution < 1.29 is 9.47 Å². The van der Waals surface area contributed by atoms with Gasteiger partial charge in [0.2, 0.25) is 0 Å². The number of nitrogens with zero attached hydrogens (tertiary/aromatic N) is 4. The Balaban J connectivity index is 1.73. The molecule has 0 atom stereocenters. The lowest BCUT2D eigenvalue weighted by Crippen LogP contribution is -2.23. The third-order valence-electron chi connectivity index (χ3n) is 5.87. The Morgan fingerprint density at radius 2 is 1.87 bits per heavy atom. The Morgan fingerprint density at radius 3 is 2.57 bits per heavy atom. The number of aromatic nitrogens is 2. The molecule has 1 fully saturated rings. The lowest BCUT2D eigenvalue weighted by Gasteiger charge is -2.23. The van der Waals surface area contributed by atoms with Gasteiger partial charge in [-0.15, -0.1) is 11.3 Å². The summed E-state index contributed by atoms with van der Waals surface area (Å²) in [6, 6.07) is 6.00. The van der Waals surface area contributed by atoms with E-state index in [1.54, 1.807) is 25.6 Å². The molecule has 3 aromatic rings. The van der Waals surface area contributed by atoms with E-state index in [2.05, 4.69) is 36.8 Å². The highest BCUT2D eigenvalue weighted by atomic mass is 32.1. The molecule has 7 heteroatoms. The number of aryl methyl sites for hydroxylation is 2. The van der Waals surface area contributed by atoms with Crippen molar-refractivity contribution >= 4 is 27.4 Å². The van der Waals surface area contributed by atoms with Gasteiger partial charge in [-0.25, -0.2) is 9.97 Å². The van der Waals surface area contributed by atoms with Crippen molar-refractivity contribution in [1.82, 2.24) is 14.9 Å². The van der Waals surface area contributed by atoms with E-state index in [9.17, 15) is 0 Å². The average molecular weight is 427 g/mol. The van der Waals surface area contributed by atoms with Gasteiger partial charge in [0.1, 0.15) is 16.5 Å². The number of rotatable bonds is 7. The summed E-state index contributed by atoms with van der Waals surface area (Å²) in [5.74, 6) is 3.41. The van der Waals surface area contributed by atoms with E-state index < -0.39 is 0 Å². The topological polar surface area (TPSA) is 50.7 Å². The van der Waals surface area contributed by atoms with Crippen LogP contribution in [0, 0.1) is 13.8 Å². The van der Waals surface area contributed by atoms with E-state index in [0.717, 1.165) is 58.6 Å². The van der Waals surface area contributed by atoms with Crippen molar-refractivity contribution in [3.05, 3.63) is 40.0 Å². The van der Waals surface area contributed by atoms with Crippen molar-refractivity contribution in [3.63, 3.8) is 0 Å². The number of ether oxygens (including phenoxy) is 2. The smallest absolute Gasteiger partial charge is 0.165 e. The molecule has 0 radical (unpaired) electrons. The van der Waals surface area contributed by atoms with Crippen LogP contribution in [-0.2, 0) is 13.1 Å². The second kappa shape index (κ2) is 8.78. The monoisotopic (exact) mass is 426 g/mol. The van der Waals surface area contributed by atoms with Crippen LogP contribution < -0.4 is 14.4 Å². The zero-order chi connectivity index (χ0) is 21.3. The Bertz CT molecular complexity index is 1040. The minimum atomic E-state index is 0.671. The lowest BCUT2D eigenvalue weighted by atomic mass is 10.1. The van der Waals surface area contributed by atoms with E-state index in [0.29, 0.717) is 6.54 Å². The van der Waals surface area contributed by atoms with E-state index in [1.807, 2.05) is 12.1 Å². The summed E-state index contributed by atoms with van der Waals surface area (Å²) in [5.41, 5.74) is 2.33. The van der Waals surface area contributed by atoms with Gasteiger partial charge in [0.15, 0.2) is 11.5 Å². The number of fused-ring (bicyclic) bond motifs is 1. The third-order valence-corrected chi connectivity index (χ3v) is 6.97. The predicted octanol–water partition coefficient (Wildman–Crippen LogP) is 4.56. The van der Waals surface area contributed by atoms with Crippen LogP contribution in [0.25, 0.3) is 10.2 Å². The Hall–Kier alpha value is -2.38. The molecular weight excluding hydrogens is 396 g/mol. The molecule has 6 nitrogen and oxygen atoms in total. The number of likely N-dealkylation sites (tertiary alicyclic amines) is 1. The molecule has 0 amide bonds. The van der Waals surface area contributed by atoms with Crippen LogP contribution in [-0.4, -0.2) is 49.2 Å². The number of benzene rings is 1. The first-order chi connectivity index (χ1) is 14.5. The number of para-hydroxylation sites is 1. The second-order valence-electron chi connectivity index (χ2n) is 7.92. The molecule has 1 aromatic carbocycles. The van der Waals surface area contributed by atoms with Crippen LogP contribution in [0.5, 0.6) is 11.5 Å². The first-order valence-electron chi connectivity index (χ1n) is 10.4. The Kier molecular flexibility index (Phi) is 6.11. The molecule has 30 heavy (non-hydrogen) atoms. The van der Waals surface area contributed by atoms with E-state index in [4.69, 9.17) is 19.4 Å². The van der Waals surface area contributed by atoms with Gasteiger partial charge >= 0.3 is 0 Å². The van der Waals surface area contributed by atoms with Gasteiger partial charge in [-0.2, -0.15) is 0 Å². The molecule has 0 aliphatic carbocycles. The fourth-order valence-corrected chi connectivity index (χ4v) is 5.21. The van der Waals surface area contributed by atoms with Crippen LogP contribution in [0.3, 0.4) is 0 Å². The molecule has 2 aromatic heterocycles. The quantitative estimate of drug-likeness (QED) is 0.552. The highest BCUT2D eigenvalue weighted by molar-refractivity contribution is 7.18.